The Bertz CT molecular complexity index is 448. The number of nitrogens with two attached hydrogens (primary N) is 1. The van der Waals surface area contributed by atoms with Gasteiger partial charge in [0.15, 0.2) is 5.82 Å². The molecule has 4 heteroatoms. The molecular weight excluding hydrogens is 220 g/mol. The molecule has 0 aromatic carbocycles. The molecule has 0 spiro atoms. The summed E-state index contributed by atoms with van der Waals surface area (Å²) in [5, 5.41) is 5.91. The van der Waals surface area contributed by atoms with Gasteiger partial charge in [-0.15, -0.1) is 11.3 Å². The van der Waals surface area contributed by atoms with E-state index in [4.69, 9.17) is 10.3 Å². The van der Waals surface area contributed by atoms with Crippen LogP contribution in [0.15, 0.2) is 22.0 Å². The predicted molar refractivity (Wildman–Crippen MR) is 67.4 cm³/mol. The van der Waals surface area contributed by atoms with E-state index in [2.05, 4.69) is 19.0 Å². The van der Waals surface area contributed by atoms with Gasteiger partial charge in [0.05, 0.1) is 5.56 Å². The Hall–Kier alpha value is -1.29. The first-order chi connectivity index (χ1) is 7.72. The minimum absolute atomic E-state index is 0.501. The van der Waals surface area contributed by atoms with E-state index < -0.39 is 0 Å². The van der Waals surface area contributed by atoms with Gasteiger partial charge in [0.2, 0.25) is 0 Å². The summed E-state index contributed by atoms with van der Waals surface area (Å²) in [4.78, 5) is 1.14. The molecule has 0 bridgehead atoms. The van der Waals surface area contributed by atoms with Crippen molar-refractivity contribution in [3.05, 3.63) is 23.3 Å². The number of hydrogen-bond donors (Lipinski definition) is 1. The van der Waals surface area contributed by atoms with E-state index in [1.807, 2.05) is 17.5 Å². The lowest BCUT2D eigenvalue weighted by molar-refractivity contribution is 0.364. The van der Waals surface area contributed by atoms with Crippen molar-refractivity contribution in [2.24, 2.45) is 5.92 Å². The molecule has 0 saturated heterocycles. The zero-order valence-electron chi connectivity index (χ0n) is 9.56. The first-order valence-corrected chi connectivity index (χ1v) is 6.38. The van der Waals surface area contributed by atoms with Crippen molar-refractivity contribution in [3.63, 3.8) is 0 Å². The molecule has 1 unspecified atom stereocenters. The first kappa shape index (κ1) is 11.2. The van der Waals surface area contributed by atoms with Crippen molar-refractivity contribution in [1.82, 2.24) is 5.16 Å². The minimum atomic E-state index is 0.501. The molecule has 0 fully saturated rings. The molecule has 2 aromatic rings. The van der Waals surface area contributed by atoms with Crippen molar-refractivity contribution in [1.29, 1.82) is 0 Å². The number of thiophene rings is 1. The maximum absolute atomic E-state index is 5.85. The second kappa shape index (κ2) is 4.70. The Morgan fingerprint density at radius 3 is 3.00 bits per heavy atom. The largest absolute Gasteiger partial charge is 0.380 e. The zero-order chi connectivity index (χ0) is 11.5. The molecule has 0 aliphatic rings. The van der Waals surface area contributed by atoms with Gasteiger partial charge in [-0.3, -0.25) is 0 Å². The molecule has 16 heavy (non-hydrogen) atoms. The molecule has 0 saturated carbocycles. The first-order valence-electron chi connectivity index (χ1n) is 5.50. The van der Waals surface area contributed by atoms with Gasteiger partial charge >= 0.3 is 0 Å². The van der Waals surface area contributed by atoms with Gasteiger partial charge < -0.3 is 10.3 Å². The lowest BCUT2D eigenvalue weighted by Crippen LogP contribution is -1.98. The normalized spacial score (nSPS) is 12.9. The number of nitrogen functional groups attached to an aromatic ring is 1. The highest BCUT2D eigenvalue weighted by Gasteiger charge is 2.18. The highest BCUT2D eigenvalue weighted by Crippen LogP contribution is 2.34. The Morgan fingerprint density at radius 2 is 2.38 bits per heavy atom. The third-order valence-electron chi connectivity index (χ3n) is 2.79. The van der Waals surface area contributed by atoms with Crippen LogP contribution in [-0.4, -0.2) is 5.16 Å². The van der Waals surface area contributed by atoms with Crippen molar-refractivity contribution in [2.75, 3.05) is 5.73 Å². The van der Waals surface area contributed by atoms with Gasteiger partial charge in [0.1, 0.15) is 5.76 Å². The van der Waals surface area contributed by atoms with Crippen LogP contribution in [0.25, 0.3) is 10.4 Å². The molecule has 0 aliphatic carbocycles. The highest BCUT2D eigenvalue weighted by molar-refractivity contribution is 7.13. The lowest BCUT2D eigenvalue weighted by atomic mass is 10.0. The van der Waals surface area contributed by atoms with E-state index in [9.17, 15) is 0 Å². The van der Waals surface area contributed by atoms with E-state index in [1.165, 1.54) is 0 Å². The van der Waals surface area contributed by atoms with Crippen molar-refractivity contribution in [3.8, 4) is 10.4 Å². The average molecular weight is 236 g/mol. The molecule has 2 rings (SSSR count). The second-order valence-corrected chi connectivity index (χ2v) is 5.01. The Labute approximate surface area is 99.3 Å². The van der Waals surface area contributed by atoms with Gasteiger partial charge in [-0.05, 0) is 17.4 Å². The summed E-state index contributed by atoms with van der Waals surface area (Å²) in [6, 6.07) is 4.06. The van der Waals surface area contributed by atoms with E-state index in [0.29, 0.717) is 11.7 Å². The Kier molecular flexibility index (Phi) is 3.29. The topological polar surface area (TPSA) is 52.0 Å². The maximum Gasteiger partial charge on any atom is 0.175 e. The van der Waals surface area contributed by atoms with Crippen LogP contribution < -0.4 is 5.73 Å². The quantitative estimate of drug-likeness (QED) is 0.882. The maximum atomic E-state index is 5.85. The molecule has 1 atom stereocenters. The Morgan fingerprint density at radius 1 is 1.56 bits per heavy atom. The number of anilines is 1. The third kappa shape index (κ3) is 2.11. The van der Waals surface area contributed by atoms with Gasteiger partial charge in [0.25, 0.3) is 0 Å². The van der Waals surface area contributed by atoms with E-state index in [1.54, 1.807) is 11.3 Å². The summed E-state index contributed by atoms with van der Waals surface area (Å²) in [7, 11) is 0. The number of nitrogens with zero attached hydrogens (tertiary/aromatic N) is 1. The van der Waals surface area contributed by atoms with Gasteiger partial charge in [-0.1, -0.05) is 31.5 Å². The highest BCUT2D eigenvalue weighted by atomic mass is 32.1. The third-order valence-corrected chi connectivity index (χ3v) is 3.67. The standard InChI is InChI=1S/C12H16N2OS/c1-3-8(2)7-9-11(12(13)14-15-9)10-5-4-6-16-10/h4-6,8H,3,7H2,1-2H3,(H2,13,14). The molecule has 0 radical (unpaired) electrons. The van der Waals surface area contributed by atoms with E-state index in [0.717, 1.165) is 29.0 Å². The fraction of sp³-hybridized carbons (Fsp3) is 0.417. The van der Waals surface area contributed by atoms with Gasteiger partial charge in [-0.2, -0.15) is 0 Å². The van der Waals surface area contributed by atoms with Crippen molar-refractivity contribution in [2.45, 2.75) is 26.7 Å². The van der Waals surface area contributed by atoms with Crippen LogP contribution in [0, 0.1) is 5.92 Å². The van der Waals surface area contributed by atoms with Crippen molar-refractivity contribution >= 4 is 17.2 Å². The van der Waals surface area contributed by atoms with Crippen LogP contribution in [0.2, 0.25) is 0 Å². The van der Waals surface area contributed by atoms with Crippen LogP contribution >= 0.6 is 11.3 Å². The van der Waals surface area contributed by atoms with E-state index >= 15 is 0 Å². The van der Waals surface area contributed by atoms with Gasteiger partial charge in [-0.25, -0.2) is 0 Å². The second-order valence-electron chi connectivity index (χ2n) is 4.06. The van der Waals surface area contributed by atoms with Crippen molar-refractivity contribution < 1.29 is 4.52 Å². The summed E-state index contributed by atoms with van der Waals surface area (Å²) in [6.07, 6.45) is 2.03. The number of aromatic nitrogens is 1. The van der Waals surface area contributed by atoms with E-state index in [-0.39, 0.29) is 0 Å². The smallest absolute Gasteiger partial charge is 0.175 e. The summed E-state index contributed by atoms with van der Waals surface area (Å²) in [5.41, 5.74) is 6.83. The molecule has 0 amide bonds. The van der Waals surface area contributed by atoms with Gasteiger partial charge in [0, 0.05) is 11.3 Å². The summed E-state index contributed by atoms with van der Waals surface area (Å²) in [5.74, 6) is 2.00. The SMILES string of the molecule is CCC(C)Cc1onc(N)c1-c1cccs1. The zero-order valence-corrected chi connectivity index (χ0v) is 10.4. The summed E-state index contributed by atoms with van der Waals surface area (Å²) >= 11 is 1.66. The van der Waals surface area contributed by atoms with Crippen LogP contribution in [0.1, 0.15) is 26.0 Å². The predicted octanol–water partition coefficient (Wildman–Crippen LogP) is 3.57. The fourth-order valence-electron chi connectivity index (χ4n) is 1.62. The molecule has 2 N–H and O–H groups in total. The molecule has 2 aromatic heterocycles. The number of hydrogen-bond acceptors (Lipinski definition) is 4. The fourth-order valence-corrected chi connectivity index (χ4v) is 2.42. The lowest BCUT2D eigenvalue weighted by Gasteiger charge is -2.05. The summed E-state index contributed by atoms with van der Waals surface area (Å²) in [6.45, 7) is 4.38. The van der Waals surface area contributed by atoms with Crippen LogP contribution in [0.4, 0.5) is 5.82 Å². The summed E-state index contributed by atoms with van der Waals surface area (Å²) < 4.78 is 5.32. The molecular formula is C12H16N2OS. The van der Waals surface area contributed by atoms with Crippen LogP contribution in [0.3, 0.4) is 0 Å². The molecule has 0 aliphatic heterocycles. The minimum Gasteiger partial charge on any atom is -0.380 e. The molecule has 3 nitrogen and oxygen atoms in total. The Balaban J connectivity index is 2.33. The van der Waals surface area contributed by atoms with Crippen LogP contribution in [-0.2, 0) is 6.42 Å². The monoisotopic (exact) mass is 236 g/mol. The molecule has 2 heterocycles. The van der Waals surface area contributed by atoms with Crippen LogP contribution in [0.5, 0.6) is 0 Å². The molecule has 86 valence electrons. The number of rotatable bonds is 4. The average Bonchev–Trinajstić information content (AvgIpc) is 2.88.